The molecule has 10 nitrogen and oxygen atoms in total. The number of anilines is 1. The Morgan fingerprint density at radius 1 is 1.36 bits per heavy atom. The molecule has 0 aliphatic carbocycles. The van der Waals surface area contributed by atoms with Gasteiger partial charge in [0.05, 0.1) is 0 Å². The summed E-state index contributed by atoms with van der Waals surface area (Å²) in [5.41, 5.74) is 9.02. The number of nitrogens with one attached hydrogen (secondary N) is 1. The van der Waals surface area contributed by atoms with Crippen LogP contribution in [0.4, 0.5) is 5.13 Å². The lowest BCUT2D eigenvalue weighted by Gasteiger charge is -2.48. The molecule has 1 fully saturated rings. The van der Waals surface area contributed by atoms with Crippen molar-refractivity contribution in [3.05, 3.63) is 63.8 Å². The van der Waals surface area contributed by atoms with Gasteiger partial charge in [0.25, 0.3) is 11.8 Å². The van der Waals surface area contributed by atoms with Crippen molar-refractivity contribution in [1.29, 1.82) is 0 Å². The van der Waals surface area contributed by atoms with E-state index in [9.17, 15) is 14.4 Å². The molecule has 1 aromatic heterocycles. The Kier molecular flexibility index (Phi) is 7.75. The average molecular weight is 528 g/mol. The number of nitrogen functional groups attached to an aromatic ring is 1. The van der Waals surface area contributed by atoms with Crippen LogP contribution < -0.4 is 11.1 Å². The van der Waals surface area contributed by atoms with Crippen LogP contribution in [0.3, 0.4) is 0 Å². The van der Waals surface area contributed by atoms with E-state index in [1.165, 1.54) is 23.8 Å². The number of carbonyl (C=O) groups is 3. The van der Waals surface area contributed by atoms with E-state index in [2.05, 4.69) is 15.5 Å². The average Bonchev–Trinajstić information content (AvgIpc) is 3.30. The first kappa shape index (κ1) is 25.5. The summed E-state index contributed by atoms with van der Waals surface area (Å²) < 4.78 is 5.48. The number of nitrogens with zero attached hydrogens (tertiary/aromatic N) is 3. The second kappa shape index (κ2) is 11.0. The molecule has 12 heteroatoms. The van der Waals surface area contributed by atoms with Gasteiger partial charge in [-0.1, -0.05) is 35.5 Å². The van der Waals surface area contributed by atoms with E-state index in [1.807, 2.05) is 44.2 Å². The number of fused-ring (bicyclic) bond motifs is 1. The molecule has 3 N–H and O–H groups in total. The molecule has 188 valence electrons. The van der Waals surface area contributed by atoms with E-state index in [4.69, 9.17) is 15.3 Å². The Morgan fingerprint density at radius 2 is 2.14 bits per heavy atom. The van der Waals surface area contributed by atoms with Crippen LogP contribution in [0.2, 0.25) is 0 Å². The van der Waals surface area contributed by atoms with Gasteiger partial charge >= 0.3 is 5.97 Å². The molecule has 36 heavy (non-hydrogen) atoms. The molecule has 0 spiro atoms. The fourth-order valence-electron chi connectivity index (χ4n) is 3.74. The fourth-order valence-corrected chi connectivity index (χ4v) is 5.48. The summed E-state index contributed by atoms with van der Waals surface area (Å²) in [6, 6.07) is 7.08. The molecule has 1 aromatic carbocycles. The molecular weight excluding hydrogens is 502 g/mol. The highest BCUT2D eigenvalue weighted by atomic mass is 32.2. The largest absolute Gasteiger partial charge is 0.457 e. The van der Waals surface area contributed by atoms with Crippen LogP contribution in [0.5, 0.6) is 0 Å². The Labute approximate surface area is 216 Å². The fraction of sp³-hybridized carbons (Fsp3) is 0.292. The molecule has 0 saturated carbocycles. The zero-order chi connectivity index (χ0) is 25.8. The molecule has 4 rings (SSSR count). The summed E-state index contributed by atoms with van der Waals surface area (Å²) in [6.07, 6.45) is 3.63. The molecule has 2 aliphatic heterocycles. The third-order valence-corrected chi connectivity index (χ3v) is 7.38. The Morgan fingerprint density at radius 3 is 2.83 bits per heavy atom. The lowest BCUT2D eigenvalue weighted by molar-refractivity contribution is -0.152. The van der Waals surface area contributed by atoms with Gasteiger partial charge in [-0.15, -0.1) is 23.1 Å². The maximum atomic E-state index is 12.9. The Hall–Kier alpha value is -3.64. The van der Waals surface area contributed by atoms with Crippen molar-refractivity contribution in [2.45, 2.75) is 25.3 Å². The summed E-state index contributed by atoms with van der Waals surface area (Å²) in [5.74, 6) is -1.14. The number of nitrogens with two attached hydrogens (primary N) is 1. The molecule has 0 radical (unpaired) electrons. The van der Waals surface area contributed by atoms with Crippen molar-refractivity contribution >= 4 is 57.8 Å². The summed E-state index contributed by atoms with van der Waals surface area (Å²) in [4.78, 5) is 48.7. The first-order valence-electron chi connectivity index (χ1n) is 11.0. The van der Waals surface area contributed by atoms with Gasteiger partial charge in [0, 0.05) is 11.1 Å². The van der Waals surface area contributed by atoms with Crippen LogP contribution in [0.25, 0.3) is 6.08 Å². The number of ether oxygens (including phenoxy) is 1. The minimum atomic E-state index is -0.834. The van der Waals surface area contributed by atoms with E-state index < -0.39 is 29.2 Å². The van der Waals surface area contributed by atoms with E-state index in [1.54, 1.807) is 11.5 Å². The number of oxime groups is 1. The van der Waals surface area contributed by atoms with Gasteiger partial charge in [-0.25, -0.2) is 9.78 Å². The SMILES string of the molecule is CON=C(C(=O)NC1C(=O)N2C(C(=O)OCC(C)=Cc3ccccc3C)=CCS[C@@H]12)c1csc(N)n1. The maximum Gasteiger partial charge on any atom is 0.355 e. The van der Waals surface area contributed by atoms with Crippen LogP contribution >= 0.6 is 23.1 Å². The van der Waals surface area contributed by atoms with Gasteiger partial charge in [-0.3, -0.25) is 14.5 Å². The van der Waals surface area contributed by atoms with Gasteiger partial charge in [0.2, 0.25) is 0 Å². The van der Waals surface area contributed by atoms with Gasteiger partial charge < -0.3 is 20.6 Å². The van der Waals surface area contributed by atoms with Gasteiger partial charge in [-0.2, -0.15) is 0 Å². The molecule has 0 bridgehead atoms. The second-order valence-corrected chi connectivity index (χ2v) is 10.1. The van der Waals surface area contributed by atoms with Crippen LogP contribution in [0.1, 0.15) is 23.7 Å². The number of hydrogen-bond acceptors (Lipinski definition) is 10. The number of aromatic nitrogens is 1. The number of hydrogen-bond donors (Lipinski definition) is 2. The predicted octanol–water partition coefficient (Wildman–Crippen LogP) is 2.31. The lowest BCUT2D eigenvalue weighted by atomic mass is 10.0. The normalized spacial score (nSPS) is 19.7. The second-order valence-electron chi connectivity index (χ2n) is 8.09. The Bertz CT molecular complexity index is 1290. The number of thioether (sulfide) groups is 1. The standard InChI is InChI=1S/C24H25N5O5S2/c1-13(10-15-7-5-4-6-14(15)2)11-34-23(32)17-8-9-35-22-19(21(31)29(17)22)27-20(30)18(28-33-3)16-12-36-24(25)26-16/h4-8,10,12,19,22H,9,11H2,1-3H3,(H2,25,26)(H,27,30)/t19?,22-/m0/s1. The maximum absolute atomic E-state index is 12.9. The number of thiazole rings is 1. The molecule has 2 aromatic rings. The first-order valence-corrected chi connectivity index (χ1v) is 12.9. The molecule has 1 saturated heterocycles. The minimum absolute atomic E-state index is 0.0939. The quantitative estimate of drug-likeness (QED) is 0.231. The summed E-state index contributed by atoms with van der Waals surface area (Å²) in [6.45, 7) is 3.98. The Balaban J connectivity index is 1.38. The third kappa shape index (κ3) is 5.29. The zero-order valence-electron chi connectivity index (χ0n) is 19.9. The predicted molar refractivity (Wildman–Crippen MR) is 139 cm³/mol. The number of carbonyl (C=O) groups excluding carboxylic acids is 3. The van der Waals surface area contributed by atoms with Gasteiger partial charge in [0.15, 0.2) is 10.8 Å². The monoisotopic (exact) mass is 527 g/mol. The number of esters is 1. The summed E-state index contributed by atoms with van der Waals surface area (Å²) in [5, 5.41) is 7.81. The number of aryl methyl sites for hydroxylation is 1. The van der Waals surface area contributed by atoms with Gasteiger partial charge in [-0.05, 0) is 36.6 Å². The zero-order valence-corrected chi connectivity index (χ0v) is 21.5. The molecule has 2 amide bonds. The van der Waals surface area contributed by atoms with Crippen LogP contribution in [-0.2, 0) is 24.0 Å². The van der Waals surface area contributed by atoms with Crippen molar-refractivity contribution < 1.29 is 24.0 Å². The highest BCUT2D eigenvalue weighted by molar-refractivity contribution is 8.00. The smallest absolute Gasteiger partial charge is 0.355 e. The molecule has 2 atom stereocenters. The lowest BCUT2D eigenvalue weighted by Crippen LogP contribution is -2.70. The molecule has 2 aliphatic rings. The van der Waals surface area contributed by atoms with E-state index in [0.29, 0.717) is 5.75 Å². The third-order valence-electron chi connectivity index (χ3n) is 5.53. The van der Waals surface area contributed by atoms with Crippen LogP contribution in [-0.4, -0.2) is 64.3 Å². The number of β-lactam (4-membered cyclic amide) rings is 1. The first-order chi connectivity index (χ1) is 17.3. The molecule has 1 unspecified atom stereocenters. The van der Waals surface area contributed by atoms with Gasteiger partial charge in [0.1, 0.15) is 36.5 Å². The van der Waals surface area contributed by atoms with E-state index in [0.717, 1.165) is 28.0 Å². The van der Waals surface area contributed by atoms with Crippen molar-refractivity contribution in [2.24, 2.45) is 5.16 Å². The van der Waals surface area contributed by atoms with Crippen LogP contribution in [0, 0.1) is 6.92 Å². The van der Waals surface area contributed by atoms with Crippen LogP contribution in [0.15, 0.2) is 52.1 Å². The molecular formula is C24H25N5O5S2. The molecule has 3 heterocycles. The van der Waals surface area contributed by atoms with Crippen molar-refractivity contribution in [2.75, 3.05) is 25.2 Å². The minimum Gasteiger partial charge on any atom is -0.457 e. The highest BCUT2D eigenvalue weighted by Crippen LogP contribution is 2.38. The number of amides is 2. The van der Waals surface area contributed by atoms with Crippen molar-refractivity contribution in [3.63, 3.8) is 0 Å². The van der Waals surface area contributed by atoms with Crippen molar-refractivity contribution in [1.82, 2.24) is 15.2 Å². The van der Waals surface area contributed by atoms with E-state index >= 15 is 0 Å². The number of benzene rings is 1. The summed E-state index contributed by atoms with van der Waals surface area (Å²) in [7, 11) is 1.30. The highest BCUT2D eigenvalue weighted by Gasteiger charge is 2.53. The number of rotatable bonds is 8. The van der Waals surface area contributed by atoms with E-state index in [-0.39, 0.29) is 28.8 Å². The van der Waals surface area contributed by atoms with Crippen molar-refractivity contribution in [3.8, 4) is 0 Å². The topological polar surface area (TPSA) is 136 Å². The summed E-state index contributed by atoms with van der Waals surface area (Å²) >= 11 is 2.58.